The summed E-state index contributed by atoms with van der Waals surface area (Å²) in [5, 5.41) is 19.6. The first-order chi connectivity index (χ1) is 15.3. The maximum Gasteiger partial charge on any atom is 0.274 e. The highest BCUT2D eigenvalue weighted by Crippen LogP contribution is 2.25. The number of aryl methyl sites for hydroxylation is 1. The summed E-state index contributed by atoms with van der Waals surface area (Å²) >= 11 is 0. The molecule has 0 aliphatic rings. The number of nitrogens with one attached hydrogen (secondary N) is 3. The Morgan fingerprint density at radius 2 is 1.59 bits per heavy atom. The molecule has 0 aliphatic heterocycles. The number of benzene rings is 3. The topological polar surface area (TPSA) is 113 Å². The fraction of sp³-hybridized carbons (Fsp3) is 0.167. The number of nitrogens with zero attached hydrogens (tertiary/aromatic N) is 1. The quantitative estimate of drug-likeness (QED) is 0.365. The van der Waals surface area contributed by atoms with Gasteiger partial charge in [-0.3, -0.25) is 19.7 Å². The summed E-state index contributed by atoms with van der Waals surface area (Å²) in [5.41, 5.74) is 3.75. The molecule has 3 rings (SSSR count). The molecular formula is C24H24N4O4. The van der Waals surface area contributed by atoms with Gasteiger partial charge < -0.3 is 16.0 Å². The van der Waals surface area contributed by atoms with E-state index in [-0.39, 0.29) is 24.0 Å². The minimum Gasteiger partial charge on any atom is -0.376 e. The highest BCUT2D eigenvalue weighted by molar-refractivity contribution is 6.01. The van der Waals surface area contributed by atoms with E-state index in [1.165, 1.54) is 12.1 Å². The Bertz CT molecular complexity index is 1140. The number of nitro benzene ring substituents is 1. The van der Waals surface area contributed by atoms with Crippen LogP contribution < -0.4 is 16.0 Å². The van der Waals surface area contributed by atoms with E-state index in [4.69, 9.17) is 0 Å². The van der Waals surface area contributed by atoms with Crippen LogP contribution in [-0.4, -0.2) is 23.3 Å². The number of amides is 2. The molecule has 0 bridgehead atoms. The molecule has 0 saturated carbocycles. The van der Waals surface area contributed by atoms with E-state index in [1.54, 1.807) is 37.3 Å². The van der Waals surface area contributed by atoms with Gasteiger partial charge in [0.05, 0.1) is 28.3 Å². The Hall–Kier alpha value is -4.20. The molecule has 0 radical (unpaired) electrons. The first-order valence-electron chi connectivity index (χ1n) is 10.1. The highest BCUT2D eigenvalue weighted by Gasteiger charge is 2.16. The lowest BCUT2D eigenvalue weighted by Gasteiger charge is -2.13. The van der Waals surface area contributed by atoms with Gasteiger partial charge in [-0.2, -0.15) is 0 Å². The van der Waals surface area contributed by atoms with Crippen molar-refractivity contribution in [3.05, 3.63) is 99.1 Å². The molecule has 0 aromatic heterocycles. The molecule has 32 heavy (non-hydrogen) atoms. The predicted molar refractivity (Wildman–Crippen MR) is 124 cm³/mol. The van der Waals surface area contributed by atoms with Crippen LogP contribution in [0.2, 0.25) is 0 Å². The first-order valence-corrected chi connectivity index (χ1v) is 10.1. The van der Waals surface area contributed by atoms with Crippen LogP contribution in [0.1, 0.15) is 27.0 Å². The lowest BCUT2D eigenvalue weighted by atomic mass is 10.1. The third-order valence-electron chi connectivity index (χ3n) is 4.96. The predicted octanol–water partition coefficient (Wildman–Crippen LogP) is 4.19. The average Bonchev–Trinajstić information content (AvgIpc) is 2.78. The summed E-state index contributed by atoms with van der Waals surface area (Å²) in [4.78, 5) is 35.6. The molecule has 0 aliphatic carbocycles. The van der Waals surface area contributed by atoms with Gasteiger partial charge in [-0.1, -0.05) is 48.0 Å². The van der Waals surface area contributed by atoms with Crippen molar-refractivity contribution in [1.29, 1.82) is 0 Å². The Morgan fingerprint density at radius 1 is 0.906 bits per heavy atom. The zero-order valence-electron chi connectivity index (χ0n) is 17.8. The normalized spacial score (nSPS) is 10.3. The summed E-state index contributed by atoms with van der Waals surface area (Å²) in [5.74, 6) is -0.646. The monoisotopic (exact) mass is 432 g/mol. The fourth-order valence-electron chi connectivity index (χ4n) is 3.15. The van der Waals surface area contributed by atoms with Crippen LogP contribution >= 0.6 is 0 Å². The largest absolute Gasteiger partial charge is 0.376 e. The van der Waals surface area contributed by atoms with Crippen molar-refractivity contribution in [3.8, 4) is 0 Å². The van der Waals surface area contributed by atoms with Crippen LogP contribution in [0.4, 0.5) is 17.1 Å². The number of anilines is 2. The zero-order valence-corrected chi connectivity index (χ0v) is 17.8. The Labute approximate surface area is 185 Å². The van der Waals surface area contributed by atoms with E-state index in [0.717, 1.165) is 11.1 Å². The van der Waals surface area contributed by atoms with Gasteiger partial charge in [-0.15, -0.1) is 0 Å². The maximum absolute atomic E-state index is 12.7. The number of hydrogen-bond acceptors (Lipinski definition) is 5. The van der Waals surface area contributed by atoms with Crippen LogP contribution in [-0.2, 0) is 11.3 Å². The smallest absolute Gasteiger partial charge is 0.274 e. The van der Waals surface area contributed by atoms with Gasteiger partial charge in [0.1, 0.15) is 0 Å². The average molecular weight is 432 g/mol. The minimum absolute atomic E-state index is 0.0636. The van der Waals surface area contributed by atoms with Gasteiger partial charge in [0.2, 0.25) is 5.91 Å². The lowest BCUT2D eigenvalue weighted by molar-refractivity contribution is -0.385. The number of para-hydroxylation sites is 1. The van der Waals surface area contributed by atoms with E-state index in [1.807, 2.05) is 31.2 Å². The summed E-state index contributed by atoms with van der Waals surface area (Å²) in [7, 11) is 0. The van der Waals surface area contributed by atoms with E-state index in [0.29, 0.717) is 29.0 Å². The molecule has 3 aromatic carbocycles. The van der Waals surface area contributed by atoms with Gasteiger partial charge in [0, 0.05) is 18.3 Å². The summed E-state index contributed by atoms with van der Waals surface area (Å²) in [6, 6.07) is 19.3. The number of nitro groups is 1. The second-order valence-corrected chi connectivity index (χ2v) is 7.32. The van der Waals surface area contributed by atoms with Crippen molar-refractivity contribution in [2.75, 3.05) is 17.2 Å². The zero-order chi connectivity index (χ0) is 23.1. The van der Waals surface area contributed by atoms with Crippen LogP contribution in [0.5, 0.6) is 0 Å². The van der Waals surface area contributed by atoms with Crippen LogP contribution in [0.3, 0.4) is 0 Å². The molecule has 0 spiro atoms. The van der Waals surface area contributed by atoms with Crippen LogP contribution in [0.15, 0.2) is 66.7 Å². The number of hydrogen-bond donors (Lipinski definition) is 3. The molecule has 3 aromatic rings. The maximum atomic E-state index is 12.7. The van der Waals surface area contributed by atoms with Gasteiger partial charge in [0.15, 0.2) is 0 Å². The second kappa shape index (κ2) is 10.2. The minimum atomic E-state index is -0.491. The molecule has 0 unspecified atom stereocenters. The molecule has 0 heterocycles. The van der Waals surface area contributed by atoms with Gasteiger partial charge >= 0.3 is 0 Å². The van der Waals surface area contributed by atoms with Crippen molar-refractivity contribution in [1.82, 2.24) is 5.32 Å². The van der Waals surface area contributed by atoms with Crippen molar-refractivity contribution in [3.63, 3.8) is 0 Å². The second-order valence-electron chi connectivity index (χ2n) is 7.32. The molecule has 3 N–H and O–H groups in total. The van der Waals surface area contributed by atoms with Gasteiger partial charge in [-0.25, -0.2) is 0 Å². The molecule has 0 atom stereocenters. The van der Waals surface area contributed by atoms with Crippen LogP contribution in [0.25, 0.3) is 0 Å². The summed E-state index contributed by atoms with van der Waals surface area (Å²) in [6.07, 6.45) is 0. The van der Waals surface area contributed by atoms with Gasteiger partial charge in [0.25, 0.3) is 11.6 Å². The Morgan fingerprint density at radius 3 is 2.31 bits per heavy atom. The van der Waals surface area contributed by atoms with E-state index < -0.39 is 4.92 Å². The molecule has 8 nitrogen and oxygen atoms in total. The van der Waals surface area contributed by atoms with Crippen molar-refractivity contribution >= 4 is 28.9 Å². The van der Waals surface area contributed by atoms with Crippen molar-refractivity contribution in [2.45, 2.75) is 20.4 Å². The van der Waals surface area contributed by atoms with E-state index >= 15 is 0 Å². The van der Waals surface area contributed by atoms with Crippen LogP contribution in [0, 0.1) is 24.0 Å². The standard InChI is InChI=1S/C24H24N4O4/c1-16-10-12-18(13-11-16)14-26-24(30)19-6-3-4-7-21(19)25-15-23(29)27-20-8-5-9-22(17(20)2)28(31)32/h3-13,25H,14-15H2,1-2H3,(H,26,30)(H,27,29). The summed E-state index contributed by atoms with van der Waals surface area (Å²) in [6.45, 7) is 3.86. The van der Waals surface area contributed by atoms with Crippen molar-refractivity contribution < 1.29 is 14.5 Å². The number of carbonyl (C=O) groups excluding carboxylic acids is 2. The third-order valence-corrected chi connectivity index (χ3v) is 4.96. The van der Waals surface area contributed by atoms with E-state index in [9.17, 15) is 19.7 Å². The Balaban J connectivity index is 1.62. The third kappa shape index (κ3) is 5.69. The Kier molecular flexibility index (Phi) is 7.17. The number of carbonyl (C=O) groups is 2. The fourth-order valence-corrected chi connectivity index (χ4v) is 3.15. The van der Waals surface area contributed by atoms with Crippen molar-refractivity contribution in [2.24, 2.45) is 0 Å². The molecule has 8 heteroatoms. The lowest BCUT2D eigenvalue weighted by Crippen LogP contribution is -2.26. The molecule has 0 saturated heterocycles. The molecular weight excluding hydrogens is 408 g/mol. The van der Waals surface area contributed by atoms with Gasteiger partial charge in [-0.05, 0) is 37.6 Å². The molecule has 0 fully saturated rings. The molecule has 2 amide bonds. The summed E-state index contributed by atoms with van der Waals surface area (Å²) < 4.78 is 0. The SMILES string of the molecule is Cc1ccc(CNC(=O)c2ccccc2NCC(=O)Nc2cccc([N+](=O)[O-])c2C)cc1. The van der Waals surface area contributed by atoms with E-state index in [2.05, 4.69) is 16.0 Å². The highest BCUT2D eigenvalue weighted by atomic mass is 16.6. The first kappa shape index (κ1) is 22.5. The molecule has 164 valence electrons. The number of rotatable bonds is 8.